The van der Waals surface area contributed by atoms with Crippen LogP contribution in [0, 0.1) is 6.92 Å². The molecule has 0 aliphatic heterocycles. The van der Waals surface area contributed by atoms with E-state index in [1.54, 1.807) is 0 Å². The van der Waals surface area contributed by atoms with E-state index in [1.807, 2.05) is 0 Å². The maximum atomic E-state index is 14.0. The van der Waals surface area contributed by atoms with E-state index in [9.17, 15) is 67.0 Å². The molecule has 0 aliphatic rings. The quantitative estimate of drug-likeness (QED) is 0.442. The molecule has 29 heavy (non-hydrogen) atoms. The molecular weight excluding hydrogens is 447 g/mol. The summed E-state index contributed by atoms with van der Waals surface area (Å²) in [4.78, 5) is 10.6. The normalized spacial score (nSPS) is 14.8. The second kappa shape index (κ2) is 6.65. The van der Waals surface area contributed by atoms with Gasteiger partial charge in [0.2, 0.25) is 0 Å². The zero-order chi connectivity index (χ0) is 23.4. The number of aryl methyl sites for hydroxylation is 1. The van der Waals surface area contributed by atoms with Gasteiger partial charge in [0.25, 0.3) is 0 Å². The minimum absolute atomic E-state index is 0.174. The Labute approximate surface area is 151 Å². The summed E-state index contributed by atoms with van der Waals surface area (Å²) in [6, 6.07) is -0.522. The number of phenolic OH excluding ortho intramolecular Hbond substituents is 1. The predicted octanol–water partition coefficient (Wildman–Crippen LogP) is 5.71. The van der Waals surface area contributed by atoms with E-state index in [0.717, 1.165) is 0 Å². The number of phenols is 1. The highest BCUT2D eigenvalue weighted by Gasteiger charge is 2.90. The molecule has 0 bridgehead atoms. The lowest BCUT2D eigenvalue weighted by atomic mass is 9.89. The Morgan fingerprint density at radius 3 is 1.52 bits per heavy atom. The first kappa shape index (κ1) is 24.8. The number of benzene rings is 1. The molecule has 2 nitrogen and oxygen atoms in total. The van der Waals surface area contributed by atoms with Gasteiger partial charge in [-0.1, -0.05) is 0 Å². The highest BCUT2D eigenvalue weighted by molar-refractivity contribution is 5.80. The van der Waals surface area contributed by atoms with Gasteiger partial charge in [-0.05, 0) is 24.6 Å². The predicted molar refractivity (Wildman–Crippen MR) is 68.0 cm³/mol. The van der Waals surface area contributed by atoms with Crippen molar-refractivity contribution in [1.82, 2.24) is 0 Å². The van der Waals surface area contributed by atoms with E-state index >= 15 is 0 Å². The third-order valence-electron chi connectivity index (χ3n) is 3.75. The summed E-state index contributed by atoms with van der Waals surface area (Å²) >= 11 is 0. The van der Waals surface area contributed by atoms with Crippen LogP contribution < -0.4 is 0 Å². The minimum Gasteiger partial charge on any atom is -0.507 e. The smallest absolute Gasteiger partial charge is 0.460 e. The lowest BCUT2D eigenvalue weighted by Gasteiger charge is -2.39. The second-order valence-corrected chi connectivity index (χ2v) is 5.72. The summed E-state index contributed by atoms with van der Waals surface area (Å²) in [7, 11) is 0. The molecule has 0 amide bonds. The van der Waals surface area contributed by atoms with Crippen LogP contribution in [0.4, 0.5) is 57.1 Å². The number of carbonyl (C=O) groups excluding carboxylic acids is 1. The van der Waals surface area contributed by atoms with Crippen molar-refractivity contribution >= 4 is 6.29 Å². The van der Waals surface area contributed by atoms with Gasteiger partial charge in [0, 0.05) is 5.56 Å². The van der Waals surface area contributed by atoms with Crippen molar-refractivity contribution < 1.29 is 67.0 Å². The summed E-state index contributed by atoms with van der Waals surface area (Å²) in [5.74, 6) is -38.9. The van der Waals surface area contributed by atoms with E-state index in [4.69, 9.17) is 0 Å². The maximum absolute atomic E-state index is 14.0. The third kappa shape index (κ3) is 3.27. The Kier molecular flexibility index (Phi) is 5.69. The largest absolute Gasteiger partial charge is 0.507 e. The molecule has 15 heteroatoms. The second-order valence-electron chi connectivity index (χ2n) is 5.72. The zero-order valence-corrected chi connectivity index (χ0v) is 13.5. The number of aromatic hydroxyl groups is 1. The van der Waals surface area contributed by atoms with Crippen molar-refractivity contribution in [3.05, 3.63) is 28.8 Å². The van der Waals surface area contributed by atoms with E-state index in [-0.39, 0.29) is 12.1 Å². The van der Waals surface area contributed by atoms with Crippen LogP contribution in [0.2, 0.25) is 0 Å². The number of carbonyl (C=O) groups is 1. The van der Waals surface area contributed by atoms with Crippen LogP contribution in [-0.2, 0) is 5.92 Å². The summed E-state index contributed by atoms with van der Waals surface area (Å²) in [5.41, 5.74) is -4.35. The molecule has 166 valence electrons. The minimum atomic E-state index is -8.01. The lowest BCUT2D eigenvalue weighted by molar-refractivity contribution is -0.441. The Hall–Kier alpha value is -2.22. The molecule has 0 saturated carbocycles. The first-order valence-corrected chi connectivity index (χ1v) is 6.86. The van der Waals surface area contributed by atoms with Crippen LogP contribution in [0.1, 0.15) is 21.5 Å². The van der Waals surface area contributed by atoms with Crippen molar-refractivity contribution in [2.24, 2.45) is 0 Å². The number of halogens is 13. The summed E-state index contributed by atoms with van der Waals surface area (Å²) in [5, 5.41) is 9.32. The fraction of sp³-hybridized carbons (Fsp3) is 0.500. The van der Waals surface area contributed by atoms with Crippen LogP contribution in [0.25, 0.3) is 0 Å². The van der Waals surface area contributed by atoms with E-state index in [2.05, 4.69) is 0 Å². The van der Waals surface area contributed by atoms with Crippen LogP contribution in [0.15, 0.2) is 12.1 Å². The molecule has 1 aromatic carbocycles. The third-order valence-corrected chi connectivity index (χ3v) is 3.75. The van der Waals surface area contributed by atoms with Gasteiger partial charge in [0.15, 0.2) is 6.29 Å². The molecule has 0 atom stereocenters. The van der Waals surface area contributed by atoms with Gasteiger partial charge < -0.3 is 5.11 Å². The Morgan fingerprint density at radius 2 is 1.14 bits per heavy atom. The van der Waals surface area contributed by atoms with Gasteiger partial charge in [0.05, 0.1) is 5.56 Å². The Bertz CT molecular complexity index is 795. The van der Waals surface area contributed by atoms with Gasteiger partial charge in [-0.2, -0.15) is 57.1 Å². The van der Waals surface area contributed by atoms with Crippen LogP contribution in [-0.4, -0.2) is 41.3 Å². The number of aldehydes is 1. The molecule has 0 fully saturated rings. The van der Waals surface area contributed by atoms with Crippen molar-refractivity contribution in [1.29, 1.82) is 0 Å². The summed E-state index contributed by atoms with van der Waals surface area (Å²) < 4.78 is 170. The number of rotatable bonds is 6. The number of hydrogen-bond donors (Lipinski definition) is 1. The molecule has 1 rings (SSSR count). The summed E-state index contributed by atoms with van der Waals surface area (Å²) in [6.07, 6.45) is -7.92. The maximum Gasteiger partial charge on any atom is 0.460 e. The molecule has 1 aromatic rings. The average Bonchev–Trinajstić information content (AvgIpc) is 2.55. The van der Waals surface area contributed by atoms with Crippen LogP contribution in [0.5, 0.6) is 5.75 Å². The average molecular weight is 454 g/mol. The SMILES string of the molecule is Cc1cc(C(F)(F)C(F)(F)C(F)(F)C(F)(F)C(F)(F)C(F)(F)F)cc(C=O)c1O. The molecular formula is C14H7F13O2. The zero-order valence-electron chi connectivity index (χ0n) is 13.5. The lowest BCUT2D eigenvalue weighted by Crippen LogP contribution is -2.69. The van der Waals surface area contributed by atoms with Crippen molar-refractivity contribution in [3.8, 4) is 5.75 Å². The van der Waals surface area contributed by atoms with Crippen molar-refractivity contribution in [2.75, 3.05) is 0 Å². The topological polar surface area (TPSA) is 37.3 Å². The Morgan fingerprint density at radius 1 is 0.724 bits per heavy atom. The van der Waals surface area contributed by atoms with Gasteiger partial charge >= 0.3 is 35.8 Å². The molecule has 0 spiro atoms. The van der Waals surface area contributed by atoms with Gasteiger partial charge in [-0.3, -0.25) is 4.79 Å². The molecule has 1 N–H and O–H groups in total. The van der Waals surface area contributed by atoms with Crippen molar-refractivity contribution in [3.63, 3.8) is 0 Å². The number of alkyl halides is 13. The van der Waals surface area contributed by atoms with Crippen LogP contribution in [0.3, 0.4) is 0 Å². The fourth-order valence-electron chi connectivity index (χ4n) is 2.03. The number of hydrogen-bond acceptors (Lipinski definition) is 2. The Balaban J connectivity index is 3.71. The molecule has 0 heterocycles. The van der Waals surface area contributed by atoms with E-state index in [1.165, 1.54) is 0 Å². The molecule has 0 unspecified atom stereocenters. The van der Waals surface area contributed by atoms with Crippen LogP contribution >= 0.6 is 0 Å². The molecule has 0 radical (unpaired) electrons. The molecule has 0 aliphatic carbocycles. The fourth-order valence-corrected chi connectivity index (χ4v) is 2.03. The van der Waals surface area contributed by atoms with Gasteiger partial charge in [-0.25, -0.2) is 0 Å². The monoisotopic (exact) mass is 454 g/mol. The van der Waals surface area contributed by atoms with Crippen molar-refractivity contribution in [2.45, 2.75) is 42.7 Å². The van der Waals surface area contributed by atoms with Gasteiger partial charge in [-0.15, -0.1) is 0 Å². The highest BCUT2D eigenvalue weighted by Crippen LogP contribution is 2.62. The van der Waals surface area contributed by atoms with E-state index < -0.39 is 64.5 Å². The molecule has 0 aromatic heterocycles. The first-order chi connectivity index (χ1) is 12.6. The van der Waals surface area contributed by atoms with Gasteiger partial charge in [0.1, 0.15) is 5.75 Å². The molecule has 0 saturated heterocycles. The highest BCUT2D eigenvalue weighted by atomic mass is 19.4. The standard InChI is InChI=1S/C14H7F13O2/c1-5-2-7(3-6(4-28)8(5)29)9(15,16)10(17,18)11(19,20)12(21,22)13(23,24)14(25,26)27/h2-4,29H,1H3. The first-order valence-electron chi connectivity index (χ1n) is 6.86. The van der Waals surface area contributed by atoms with E-state index in [0.29, 0.717) is 6.92 Å². The summed E-state index contributed by atoms with van der Waals surface area (Å²) in [6.45, 7) is 0.685.